The topological polar surface area (TPSA) is 98.7 Å². The Kier molecular flexibility index (Phi) is 4.06. The lowest BCUT2D eigenvalue weighted by Crippen LogP contribution is -2.32. The van der Waals surface area contributed by atoms with Crippen LogP contribution in [0.3, 0.4) is 0 Å². The van der Waals surface area contributed by atoms with Crippen LogP contribution in [0.4, 0.5) is 0 Å². The molecule has 0 saturated carbocycles. The summed E-state index contributed by atoms with van der Waals surface area (Å²) in [6, 6.07) is 0. The second-order valence-electron chi connectivity index (χ2n) is 5.40. The fourth-order valence-electron chi connectivity index (χ4n) is 2.15. The highest BCUT2D eigenvalue weighted by molar-refractivity contribution is 5.74. The van der Waals surface area contributed by atoms with Gasteiger partial charge in [0.15, 0.2) is 5.82 Å². The van der Waals surface area contributed by atoms with Gasteiger partial charge in [-0.2, -0.15) is 5.10 Å². The normalized spacial score (nSPS) is 14.1. The van der Waals surface area contributed by atoms with Crippen molar-refractivity contribution in [2.75, 3.05) is 0 Å². The van der Waals surface area contributed by atoms with Crippen LogP contribution in [-0.2, 0) is 24.8 Å². The number of carbonyl (C=O) groups is 1. The molecule has 21 heavy (non-hydrogen) atoms. The molecule has 8 nitrogen and oxygen atoms in total. The van der Waals surface area contributed by atoms with E-state index in [1.807, 2.05) is 27.1 Å². The molecule has 0 spiro atoms. The van der Waals surface area contributed by atoms with E-state index < -0.39 is 11.4 Å². The number of nitrogens with zero attached hydrogens (tertiary/aromatic N) is 6. The number of hydrogen-bond donors (Lipinski definition) is 1. The average Bonchev–Trinajstić information content (AvgIpc) is 3.04. The van der Waals surface area contributed by atoms with Gasteiger partial charge in [-0.15, -0.1) is 5.10 Å². The summed E-state index contributed by atoms with van der Waals surface area (Å²) in [5.41, 5.74) is 0.828. The van der Waals surface area contributed by atoms with Crippen molar-refractivity contribution in [1.82, 2.24) is 30.0 Å². The lowest BCUT2D eigenvalue weighted by molar-refractivity contribution is -0.149. The minimum Gasteiger partial charge on any atom is -0.481 e. The second-order valence-corrected chi connectivity index (χ2v) is 5.40. The zero-order valence-electron chi connectivity index (χ0n) is 12.7. The van der Waals surface area contributed by atoms with Crippen molar-refractivity contribution in [1.29, 1.82) is 0 Å². The number of rotatable bonds is 6. The third-order valence-corrected chi connectivity index (χ3v) is 3.81. The molecule has 2 rings (SSSR count). The van der Waals surface area contributed by atoms with Gasteiger partial charge in [0.2, 0.25) is 0 Å². The Hall–Kier alpha value is -2.25. The van der Waals surface area contributed by atoms with Crippen molar-refractivity contribution < 1.29 is 9.90 Å². The fraction of sp³-hybridized carbons (Fsp3) is 0.615. The molecule has 0 bridgehead atoms. The van der Waals surface area contributed by atoms with E-state index in [2.05, 4.69) is 20.6 Å². The van der Waals surface area contributed by atoms with Gasteiger partial charge in [-0.05, 0) is 30.2 Å². The molecule has 0 aliphatic heterocycles. The first kappa shape index (κ1) is 15.1. The molecule has 0 saturated heterocycles. The molecule has 2 heterocycles. The van der Waals surface area contributed by atoms with E-state index in [4.69, 9.17) is 0 Å². The Morgan fingerprint density at radius 1 is 1.43 bits per heavy atom. The fourth-order valence-corrected chi connectivity index (χ4v) is 2.15. The maximum atomic E-state index is 11.5. The highest BCUT2D eigenvalue weighted by atomic mass is 16.4. The third kappa shape index (κ3) is 2.79. The van der Waals surface area contributed by atoms with Crippen molar-refractivity contribution >= 4 is 5.97 Å². The van der Waals surface area contributed by atoms with Gasteiger partial charge in [0.05, 0.1) is 23.2 Å². The SMILES string of the molecule is CCc1nn(C)cc1-c1nnnn1CC(C)(CC)C(=O)O. The van der Waals surface area contributed by atoms with Crippen LogP contribution >= 0.6 is 0 Å². The molecular formula is C13H20N6O2. The van der Waals surface area contributed by atoms with E-state index in [1.54, 1.807) is 16.3 Å². The van der Waals surface area contributed by atoms with E-state index in [1.165, 1.54) is 0 Å². The van der Waals surface area contributed by atoms with Gasteiger partial charge >= 0.3 is 5.97 Å². The summed E-state index contributed by atoms with van der Waals surface area (Å²) < 4.78 is 3.26. The van der Waals surface area contributed by atoms with Crippen molar-refractivity contribution in [3.05, 3.63) is 11.9 Å². The molecular weight excluding hydrogens is 272 g/mol. The Morgan fingerprint density at radius 2 is 2.14 bits per heavy atom. The summed E-state index contributed by atoms with van der Waals surface area (Å²) in [6.45, 7) is 5.77. The zero-order chi connectivity index (χ0) is 15.6. The smallest absolute Gasteiger partial charge is 0.311 e. The summed E-state index contributed by atoms with van der Waals surface area (Å²) in [6.07, 6.45) is 3.10. The van der Waals surface area contributed by atoms with Crippen LogP contribution in [0.5, 0.6) is 0 Å². The molecule has 0 aliphatic rings. The van der Waals surface area contributed by atoms with Gasteiger partial charge < -0.3 is 5.11 Å². The molecule has 0 radical (unpaired) electrons. The molecule has 1 atom stereocenters. The van der Waals surface area contributed by atoms with Crippen LogP contribution in [0.15, 0.2) is 6.20 Å². The number of carboxylic acid groups (broad SMARTS) is 1. The molecule has 114 valence electrons. The Balaban J connectivity index is 2.41. The van der Waals surface area contributed by atoms with Gasteiger partial charge in [0, 0.05) is 13.2 Å². The highest BCUT2D eigenvalue weighted by Gasteiger charge is 2.33. The molecule has 2 aromatic heterocycles. The van der Waals surface area contributed by atoms with Crippen LogP contribution in [0.1, 0.15) is 32.9 Å². The standard InChI is InChI=1S/C13H20N6O2/c1-5-10-9(7-18(4)15-10)11-14-16-17-19(11)8-13(3,6-2)12(20)21/h7H,5-6,8H2,1-4H3,(H,20,21). The Morgan fingerprint density at radius 3 is 2.71 bits per heavy atom. The average molecular weight is 292 g/mol. The quantitative estimate of drug-likeness (QED) is 0.857. The molecule has 0 amide bonds. The molecule has 0 fully saturated rings. The van der Waals surface area contributed by atoms with Gasteiger partial charge in [0.1, 0.15) is 0 Å². The van der Waals surface area contributed by atoms with E-state index >= 15 is 0 Å². The maximum absolute atomic E-state index is 11.5. The van der Waals surface area contributed by atoms with Crippen molar-refractivity contribution in [2.24, 2.45) is 12.5 Å². The molecule has 1 N–H and O–H groups in total. The lowest BCUT2D eigenvalue weighted by atomic mass is 9.88. The number of aliphatic carboxylic acids is 1. The maximum Gasteiger partial charge on any atom is 0.311 e. The highest BCUT2D eigenvalue weighted by Crippen LogP contribution is 2.27. The summed E-state index contributed by atoms with van der Waals surface area (Å²) in [4.78, 5) is 11.5. The summed E-state index contributed by atoms with van der Waals surface area (Å²) in [7, 11) is 1.84. The van der Waals surface area contributed by atoms with E-state index in [0.717, 1.165) is 17.7 Å². The molecule has 8 heteroatoms. The zero-order valence-corrected chi connectivity index (χ0v) is 12.7. The van der Waals surface area contributed by atoms with Crippen LogP contribution in [0, 0.1) is 5.41 Å². The minimum atomic E-state index is -0.904. The van der Waals surface area contributed by atoms with E-state index in [0.29, 0.717) is 12.2 Å². The van der Waals surface area contributed by atoms with Crippen LogP contribution in [-0.4, -0.2) is 41.1 Å². The monoisotopic (exact) mass is 292 g/mol. The van der Waals surface area contributed by atoms with Crippen LogP contribution < -0.4 is 0 Å². The van der Waals surface area contributed by atoms with E-state index in [-0.39, 0.29) is 6.54 Å². The third-order valence-electron chi connectivity index (χ3n) is 3.81. The van der Waals surface area contributed by atoms with Gasteiger partial charge in [-0.25, -0.2) is 4.68 Å². The number of hydrogen-bond acceptors (Lipinski definition) is 5. The minimum absolute atomic E-state index is 0.221. The first-order valence-corrected chi connectivity index (χ1v) is 6.93. The Bertz CT molecular complexity index is 647. The summed E-state index contributed by atoms with van der Waals surface area (Å²) in [5.74, 6) is -0.297. The number of aryl methyl sites for hydroxylation is 2. The largest absolute Gasteiger partial charge is 0.481 e. The van der Waals surface area contributed by atoms with Crippen LogP contribution in [0.2, 0.25) is 0 Å². The molecule has 2 aromatic rings. The number of carboxylic acids is 1. The van der Waals surface area contributed by atoms with E-state index in [9.17, 15) is 9.90 Å². The number of tetrazole rings is 1. The second kappa shape index (κ2) is 5.63. The Labute approximate surface area is 122 Å². The lowest BCUT2D eigenvalue weighted by Gasteiger charge is -2.22. The van der Waals surface area contributed by atoms with Gasteiger partial charge in [0.25, 0.3) is 0 Å². The summed E-state index contributed by atoms with van der Waals surface area (Å²) in [5, 5.41) is 25.5. The van der Waals surface area contributed by atoms with Crippen LogP contribution in [0.25, 0.3) is 11.4 Å². The number of aromatic nitrogens is 6. The first-order chi connectivity index (χ1) is 9.91. The van der Waals surface area contributed by atoms with Gasteiger partial charge in [-0.1, -0.05) is 13.8 Å². The van der Waals surface area contributed by atoms with Crippen molar-refractivity contribution in [3.63, 3.8) is 0 Å². The molecule has 1 unspecified atom stereocenters. The first-order valence-electron chi connectivity index (χ1n) is 6.93. The predicted octanol–water partition coefficient (Wildman–Crippen LogP) is 1.14. The summed E-state index contributed by atoms with van der Waals surface area (Å²) >= 11 is 0. The molecule has 0 aliphatic carbocycles. The van der Waals surface area contributed by atoms with Gasteiger partial charge in [-0.3, -0.25) is 9.48 Å². The van der Waals surface area contributed by atoms with Crippen molar-refractivity contribution in [3.8, 4) is 11.4 Å². The molecule has 0 aromatic carbocycles. The predicted molar refractivity (Wildman–Crippen MR) is 75.4 cm³/mol. The van der Waals surface area contributed by atoms with Crippen molar-refractivity contribution in [2.45, 2.75) is 40.2 Å².